The van der Waals surface area contributed by atoms with Gasteiger partial charge in [-0.2, -0.15) is 5.10 Å². The van der Waals surface area contributed by atoms with E-state index in [2.05, 4.69) is 5.10 Å². The van der Waals surface area contributed by atoms with E-state index in [-0.39, 0.29) is 12.6 Å². The Morgan fingerprint density at radius 2 is 2.10 bits per heavy atom. The Kier molecular flexibility index (Phi) is 4.29. The lowest BCUT2D eigenvalue weighted by Crippen LogP contribution is -2.32. The molecule has 6 heteroatoms. The second-order valence-electron chi connectivity index (χ2n) is 4.62. The predicted octanol–water partition coefficient (Wildman–Crippen LogP) is 2.73. The number of nitrogens with zero attached hydrogens (tertiary/aromatic N) is 3. The van der Waals surface area contributed by atoms with E-state index in [1.54, 1.807) is 27.9 Å². The van der Waals surface area contributed by atoms with Crippen molar-refractivity contribution in [2.75, 3.05) is 11.4 Å². The van der Waals surface area contributed by atoms with E-state index >= 15 is 0 Å². The molecule has 1 atom stereocenters. The predicted molar refractivity (Wildman–Crippen MR) is 78.1 cm³/mol. The molecule has 1 N–H and O–H groups in total. The number of hydrogen-bond acceptors (Lipinski definition) is 3. The molecule has 0 aliphatic carbocycles. The van der Waals surface area contributed by atoms with Gasteiger partial charge in [-0.3, -0.25) is 9.48 Å². The Morgan fingerprint density at radius 1 is 1.45 bits per heavy atom. The molecule has 1 heterocycles. The van der Waals surface area contributed by atoms with E-state index in [0.717, 1.165) is 11.3 Å². The Bertz CT molecular complexity index is 595. The molecule has 0 radical (unpaired) electrons. The highest BCUT2D eigenvalue weighted by atomic mass is 35.5. The van der Waals surface area contributed by atoms with Crippen LogP contribution in [0.5, 0.6) is 0 Å². The number of hydrogen-bond donors (Lipinski definition) is 1. The number of benzene rings is 1. The van der Waals surface area contributed by atoms with Gasteiger partial charge < -0.3 is 10.0 Å². The van der Waals surface area contributed by atoms with Crippen LogP contribution < -0.4 is 4.90 Å². The molecule has 106 valence electrons. The zero-order chi connectivity index (χ0) is 14.7. The standard InChI is InChI=1S/C14H16ClN3O2/c1-10(11-7-16-17(2)8-11)18(9-14(19)20)13-5-3-12(15)4-6-13/h3-8,10H,9H2,1-2H3,(H,19,20). The second-order valence-corrected chi connectivity index (χ2v) is 5.06. The fraction of sp³-hybridized carbons (Fsp3) is 0.286. The van der Waals surface area contributed by atoms with Gasteiger partial charge in [-0.25, -0.2) is 0 Å². The molecular weight excluding hydrogens is 278 g/mol. The monoisotopic (exact) mass is 293 g/mol. The van der Waals surface area contributed by atoms with Crippen LogP contribution in [-0.4, -0.2) is 27.4 Å². The number of carbonyl (C=O) groups is 1. The van der Waals surface area contributed by atoms with Gasteiger partial charge >= 0.3 is 5.97 Å². The van der Waals surface area contributed by atoms with Crippen molar-refractivity contribution in [3.8, 4) is 0 Å². The normalized spacial score (nSPS) is 12.2. The first-order valence-corrected chi connectivity index (χ1v) is 6.57. The first kappa shape index (κ1) is 14.4. The lowest BCUT2D eigenvalue weighted by Gasteiger charge is -2.29. The highest BCUT2D eigenvalue weighted by Gasteiger charge is 2.20. The van der Waals surface area contributed by atoms with Crippen LogP contribution in [0.4, 0.5) is 5.69 Å². The maximum absolute atomic E-state index is 11.1. The van der Waals surface area contributed by atoms with Gasteiger partial charge in [-0.15, -0.1) is 0 Å². The third kappa shape index (κ3) is 3.30. The van der Waals surface area contributed by atoms with Crippen LogP contribution in [0.1, 0.15) is 18.5 Å². The summed E-state index contributed by atoms with van der Waals surface area (Å²) in [6, 6.07) is 7.04. The largest absolute Gasteiger partial charge is 0.480 e. The van der Waals surface area contributed by atoms with Crippen molar-refractivity contribution in [1.29, 1.82) is 0 Å². The minimum atomic E-state index is -0.879. The lowest BCUT2D eigenvalue weighted by molar-refractivity contribution is -0.135. The fourth-order valence-electron chi connectivity index (χ4n) is 2.07. The molecule has 1 unspecified atom stereocenters. The maximum atomic E-state index is 11.1. The van der Waals surface area contributed by atoms with Crippen molar-refractivity contribution in [2.45, 2.75) is 13.0 Å². The Labute approximate surface area is 122 Å². The number of anilines is 1. The first-order valence-electron chi connectivity index (χ1n) is 6.20. The van der Waals surface area contributed by atoms with Gasteiger partial charge in [-0.1, -0.05) is 11.6 Å². The van der Waals surface area contributed by atoms with E-state index in [0.29, 0.717) is 5.02 Å². The summed E-state index contributed by atoms with van der Waals surface area (Å²) in [5, 5.41) is 13.9. The second kappa shape index (κ2) is 5.96. The summed E-state index contributed by atoms with van der Waals surface area (Å²) in [5.41, 5.74) is 1.77. The van der Waals surface area contributed by atoms with Gasteiger partial charge in [0.25, 0.3) is 0 Å². The number of carboxylic acids is 1. The molecule has 0 saturated heterocycles. The van der Waals surface area contributed by atoms with Crippen LogP contribution in [0.25, 0.3) is 0 Å². The van der Waals surface area contributed by atoms with Crippen LogP contribution in [0.2, 0.25) is 5.02 Å². The lowest BCUT2D eigenvalue weighted by atomic mass is 10.1. The summed E-state index contributed by atoms with van der Waals surface area (Å²) in [6.07, 6.45) is 3.63. The van der Waals surface area contributed by atoms with Crippen LogP contribution >= 0.6 is 11.6 Å². The number of carboxylic acid groups (broad SMARTS) is 1. The summed E-state index contributed by atoms with van der Waals surface area (Å²) in [4.78, 5) is 12.9. The van der Waals surface area contributed by atoms with E-state index in [1.807, 2.05) is 32.3 Å². The Balaban J connectivity index is 2.31. The number of rotatable bonds is 5. The van der Waals surface area contributed by atoms with Gasteiger partial charge in [0.2, 0.25) is 0 Å². The van der Waals surface area contributed by atoms with Crippen molar-refractivity contribution in [1.82, 2.24) is 9.78 Å². The average molecular weight is 294 g/mol. The number of aromatic nitrogens is 2. The number of aryl methyl sites for hydroxylation is 1. The van der Waals surface area contributed by atoms with Gasteiger partial charge in [0.05, 0.1) is 12.2 Å². The zero-order valence-electron chi connectivity index (χ0n) is 11.3. The maximum Gasteiger partial charge on any atom is 0.323 e. The number of halogens is 1. The molecule has 5 nitrogen and oxygen atoms in total. The van der Waals surface area contributed by atoms with Crippen molar-refractivity contribution >= 4 is 23.3 Å². The molecule has 0 bridgehead atoms. The summed E-state index contributed by atoms with van der Waals surface area (Å²) in [5.74, 6) is -0.879. The molecule has 20 heavy (non-hydrogen) atoms. The molecule has 0 amide bonds. The van der Waals surface area contributed by atoms with Crippen LogP contribution in [0.3, 0.4) is 0 Å². The molecule has 0 spiro atoms. The zero-order valence-corrected chi connectivity index (χ0v) is 12.1. The molecule has 0 fully saturated rings. The highest BCUT2D eigenvalue weighted by Crippen LogP contribution is 2.27. The van der Waals surface area contributed by atoms with E-state index in [9.17, 15) is 4.79 Å². The number of aliphatic carboxylic acids is 1. The SMILES string of the molecule is CC(c1cnn(C)c1)N(CC(=O)O)c1ccc(Cl)cc1. The minimum absolute atomic E-state index is 0.0856. The fourth-order valence-corrected chi connectivity index (χ4v) is 2.19. The Hall–Kier alpha value is -2.01. The van der Waals surface area contributed by atoms with Crippen molar-refractivity contribution < 1.29 is 9.90 Å². The average Bonchev–Trinajstić information content (AvgIpc) is 2.83. The molecule has 1 aromatic heterocycles. The van der Waals surface area contributed by atoms with Crippen molar-refractivity contribution in [2.24, 2.45) is 7.05 Å². The summed E-state index contributed by atoms with van der Waals surface area (Å²) in [6.45, 7) is 1.87. The van der Waals surface area contributed by atoms with Gasteiger partial charge in [0, 0.05) is 29.5 Å². The van der Waals surface area contributed by atoms with E-state index in [1.165, 1.54) is 0 Å². The first-order chi connectivity index (χ1) is 9.47. The van der Waals surface area contributed by atoms with E-state index < -0.39 is 5.97 Å². The van der Waals surface area contributed by atoms with Crippen LogP contribution in [-0.2, 0) is 11.8 Å². The molecular formula is C14H16ClN3O2. The Morgan fingerprint density at radius 3 is 2.60 bits per heavy atom. The van der Waals surface area contributed by atoms with Crippen LogP contribution in [0, 0.1) is 0 Å². The van der Waals surface area contributed by atoms with E-state index in [4.69, 9.17) is 16.7 Å². The minimum Gasteiger partial charge on any atom is -0.480 e. The molecule has 1 aromatic carbocycles. The molecule has 2 aromatic rings. The molecule has 0 saturated carbocycles. The smallest absolute Gasteiger partial charge is 0.323 e. The van der Waals surface area contributed by atoms with Gasteiger partial charge in [0.1, 0.15) is 6.54 Å². The van der Waals surface area contributed by atoms with Gasteiger partial charge in [-0.05, 0) is 31.2 Å². The third-order valence-corrected chi connectivity index (χ3v) is 3.39. The topological polar surface area (TPSA) is 58.4 Å². The van der Waals surface area contributed by atoms with Crippen molar-refractivity contribution in [3.63, 3.8) is 0 Å². The molecule has 2 rings (SSSR count). The van der Waals surface area contributed by atoms with Crippen molar-refractivity contribution in [3.05, 3.63) is 47.2 Å². The highest BCUT2D eigenvalue weighted by molar-refractivity contribution is 6.30. The quantitative estimate of drug-likeness (QED) is 0.921. The third-order valence-electron chi connectivity index (χ3n) is 3.14. The van der Waals surface area contributed by atoms with Crippen LogP contribution in [0.15, 0.2) is 36.7 Å². The summed E-state index contributed by atoms with van der Waals surface area (Å²) >= 11 is 5.87. The van der Waals surface area contributed by atoms with Gasteiger partial charge in [0.15, 0.2) is 0 Å². The molecule has 0 aliphatic heterocycles. The summed E-state index contributed by atoms with van der Waals surface area (Å²) in [7, 11) is 1.83. The summed E-state index contributed by atoms with van der Waals surface area (Å²) < 4.78 is 1.70. The molecule has 0 aliphatic rings.